The van der Waals surface area contributed by atoms with Crippen molar-refractivity contribution in [1.29, 1.82) is 0 Å². The van der Waals surface area contributed by atoms with E-state index in [1.165, 1.54) is 4.88 Å². The highest BCUT2D eigenvalue weighted by molar-refractivity contribution is 7.13. The quantitative estimate of drug-likeness (QED) is 0.622. The van der Waals surface area contributed by atoms with Gasteiger partial charge < -0.3 is 0 Å². The van der Waals surface area contributed by atoms with E-state index in [1.807, 2.05) is 6.92 Å². The lowest BCUT2D eigenvalue weighted by Gasteiger charge is -1.93. The summed E-state index contributed by atoms with van der Waals surface area (Å²) < 4.78 is 0. The molecular formula is C12H15NS. The van der Waals surface area contributed by atoms with Gasteiger partial charge in [0.25, 0.3) is 0 Å². The summed E-state index contributed by atoms with van der Waals surface area (Å²) in [7, 11) is 0. The minimum absolute atomic E-state index is 0.538. The Kier molecular flexibility index (Phi) is 3.49. The molecule has 0 unspecified atom stereocenters. The van der Waals surface area contributed by atoms with Crippen molar-refractivity contribution in [2.75, 3.05) is 0 Å². The zero-order chi connectivity index (χ0) is 10.7. The predicted molar refractivity (Wildman–Crippen MR) is 63.9 cm³/mol. The summed E-state index contributed by atoms with van der Waals surface area (Å²) in [6.45, 7) is 15.5. The molecule has 0 radical (unpaired) electrons. The van der Waals surface area contributed by atoms with E-state index in [2.05, 4.69) is 37.8 Å². The Hall–Kier alpha value is -1.07. The molecule has 0 saturated carbocycles. The van der Waals surface area contributed by atoms with Gasteiger partial charge in [0.2, 0.25) is 5.69 Å². The molecule has 1 rings (SSSR count). The first kappa shape index (κ1) is 11.0. The largest absolute Gasteiger partial charge is 0.236 e. The zero-order valence-electron chi connectivity index (χ0n) is 9.09. The summed E-state index contributed by atoms with van der Waals surface area (Å²) in [4.78, 5) is 5.93. The van der Waals surface area contributed by atoms with Crippen molar-refractivity contribution in [3.63, 3.8) is 0 Å². The molecule has 0 amide bonds. The van der Waals surface area contributed by atoms with Crippen molar-refractivity contribution in [3.8, 4) is 0 Å². The number of thiophene rings is 1. The third-order valence-electron chi connectivity index (χ3n) is 2.12. The summed E-state index contributed by atoms with van der Waals surface area (Å²) in [6, 6.07) is 0. The Labute approximate surface area is 89.9 Å². The summed E-state index contributed by atoms with van der Waals surface area (Å²) in [6.07, 6.45) is 4.21. The standard InChI is InChI=1S/C12H15NS/c1-8(2)6-7-11-12(13-5)9(3)10(4)14-11/h6-8H,1-4H3. The van der Waals surface area contributed by atoms with Gasteiger partial charge >= 0.3 is 0 Å². The van der Waals surface area contributed by atoms with Crippen molar-refractivity contribution in [3.05, 3.63) is 32.8 Å². The van der Waals surface area contributed by atoms with E-state index in [4.69, 9.17) is 6.57 Å². The second kappa shape index (κ2) is 4.43. The second-order valence-corrected chi connectivity index (χ2v) is 4.97. The van der Waals surface area contributed by atoms with E-state index in [9.17, 15) is 0 Å². The molecule has 0 aliphatic heterocycles. The van der Waals surface area contributed by atoms with E-state index in [1.54, 1.807) is 11.3 Å². The third kappa shape index (κ3) is 2.24. The summed E-state index contributed by atoms with van der Waals surface area (Å²) in [5, 5.41) is 0. The van der Waals surface area contributed by atoms with Gasteiger partial charge in [-0.1, -0.05) is 26.0 Å². The molecule has 0 aliphatic rings. The first-order valence-corrected chi connectivity index (χ1v) is 5.53. The van der Waals surface area contributed by atoms with Gasteiger partial charge in [0.15, 0.2) is 0 Å². The van der Waals surface area contributed by atoms with E-state index in [-0.39, 0.29) is 0 Å². The van der Waals surface area contributed by atoms with Crippen LogP contribution in [0.5, 0.6) is 0 Å². The molecule has 0 N–H and O–H groups in total. The summed E-state index contributed by atoms with van der Waals surface area (Å²) in [5.74, 6) is 0.538. The lowest BCUT2D eigenvalue weighted by atomic mass is 10.2. The highest BCUT2D eigenvalue weighted by atomic mass is 32.1. The van der Waals surface area contributed by atoms with Crippen LogP contribution in [0.2, 0.25) is 0 Å². The van der Waals surface area contributed by atoms with Crippen LogP contribution in [-0.2, 0) is 0 Å². The minimum Gasteiger partial charge on any atom is -0.236 e. The molecule has 1 nitrogen and oxygen atoms in total. The van der Waals surface area contributed by atoms with Crippen molar-refractivity contribution in [2.24, 2.45) is 5.92 Å². The second-order valence-electron chi connectivity index (χ2n) is 3.71. The van der Waals surface area contributed by atoms with Gasteiger partial charge in [0, 0.05) is 4.88 Å². The molecule has 1 heterocycles. The predicted octanol–water partition coefficient (Wildman–Crippen LogP) is 4.58. The van der Waals surface area contributed by atoms with Crippen LogP contribution in [-0.4, -0.2) is 0 Å². The average molecular weight is 205 g/mol. The fraction of sp³-hybridized carbons (Fsp3) is 0.417. The van der Waals surface area contributed by atoms with Crippen LogP contribution in [0, 0.1) is 26.3 Å². The highest BCUT2D eigenvalue weighted by Gasteiger charge is 2.09. The maximum absolute atomic E-state index is 7.12. The Bertz CT molecular complexity index is 391. The molecule has 2 heteroatoms. The number of aryl methyl sites for hydroxylation is 1. The molecule has 1 aromatic rings. The Balaban J connectivity index is 3.11. The zero-order valence-corrected chi connectivity index (χ0v) is 9.90. The number of hydrogen-bond donors (Lipinski definition) is 0. The van der Waals surface area contributed by atoms with E-state index >= 15 is 0 Å². The van der Waals surface area contributed by atoms with E-state index in [0.717, 1.165) is 16.1 Å². The fourth-order valence-corrected chi connectivity index (χ4v) is 2.19. The van der Waals surface area contributed by atoms with Gasteiger partial charge in [0.1, 0.15) is 0 Å². The molecule has 74 valence electrons. The van der Waals surface area contributed by atoms with Crippen LogP contribution >= 0.6 is 11.3 Å². The van der Waals surface area contributed by atoms with Crippen LogP contribution in [0.4, 0.5) is 5.69 Å². The summed E-state index contributed by atoms with van der Waals surface area (Å²) in [5.41, 5.74) is 1.96. The Morgan fingerprint density at radius 1 is 1.36 bits per heavy atom. The number of rotatable bonds is 2. The van der Waals surface area contributed by atoms with Crippen molar-refractivity contribution < 1.29 is 0 Å². The maximum Gasteiger partial charge on any atom is 0.207 e. The van der Waals surface area contributed by atoms with Crippen molar-refractivity contribution in [1.82, 2.24) is 0 Å². The Morgan fingerprint density at radius 2 is 2.00 bits per heavy atom. The molecule has 0 atom stereocenters. The smallest absolute Gasteiger partial charge is 0.207 e. The lowest BCUT2D eigenvalue weighted by molar-refractivity contribution is 0.836. The normalized spacial score (nSPS) is 11.1. The molecule has 14 heavy (non-hydrogen) atoms. The first-order valence-electron chi connectivity index (χ1n) is 4.72. The molecular weight excluding hydrogens is 190 g/mol. The van der Waals surface area contributed by atoms with Gasteiger partial charge in [-0.25, -0.2) is 4.85 Å². The summed E-state index contributed by atoms with van der Waals surface area (Å²) >= 11 is 1.71. The molecule has 0 aliphatic carbocycles. The van der Waals surface area contributed by atoms with Gasteiger partial charge in [-0.2, -0.15) is 11.3 Å². The van der Waals surface area contributed by atoms with Gasteiger partial charge in [0.05, 0.1) is 6.57 Å². The fourth-order valence-electron chi connectivity index (χ4n) is 1.17. The number of hydrogen-bond acceptors (Lipinski definition) is 1. The van der Waals surface area contributed by atoms with Crippen LogP contribution in [0.3, 0.4) is 0 Å². The first-order chi connectivity index (χ1) is 6.56. The van der Waals surface area contributed by atoms with E-state index in [0.29, 0.717) is 5.92 Å². The Morgan fingerprint density at radius 3 is 2.50 bits per heavy atom. The van der Waals surface area contributed by atoms with Crippen LogP contribution in [0.1, 0.15) is 29.2 Å². The number of nitrogens with zero attached hydrogens (tertiary/aromatic N) is 1. The average Bonchev–Trinajstić information content (AvgIpc) is 2.39. The van der Waals surface area contributed by atoms with Crippen molar-refractivity contribution in [2.45, 2.75) is 27.7 Å². The van der Waals surface area contributed by atoms with Gasteiger partial charge in [-0.15, -0.1) is 0 Å². The molecule has 1 aromatic heterocycles. The number of allylic oxidation sites excluding steroid dienone is 1. The van der Waals surface area contributed by atoms with Gasteiger partial charge in [-0.05, 0) is 30.2 Å². The monoisotopic (exact) mass is 205 g/mol. The molecule has 0 bridgehead atoms. The topological polar surface area (TPSA) is 4.36 Å². The minimum atomic E-state index is 0.538. The molecule has 0 saturated heterocycles. The third-order valence-corrected chi connectivity index (χ3v) is 3.29. The highest BCUT2D eigenvalue weighted by Crippen LogP contribution is 2.35. The maximum atomic E-state index is 7.12. The van der Waals surface area contributed by atoms with E-state index < -0.39 is 0 Å². The van der Waals surface area contributed by atoms with Crippen LogP contribution in [0.25, 0.3) is 10.9 Å². The van der Waals surface area contributed by atoms with Crippen LogP contribution < -0.4 is 0 Å². The van der Waals surface area contributed by atoms with Gasteiger partial charge in [-0.3, -0.25) is 0 Å². The molecule has 0 fully saturated rings. The SMILES string of the molecule is [C-]#[N+]c1c(C=CC(C)C)sc(C)c1C. The molecule has 0 aromatic carbocycles. The van der Waals surface area contributed by atoms with Crippen molar-refractivity contribution >= 4 is 23.1 Å². The lowest BCUT2D eigenvalue weighted by Crippen LogP contribution is -1.75. The van der Waals surface area contributed by atoms with Crippen LogP contribution in [0.15, 0.2) is 6.08 Å². The molecule has 0 spiro atoms.